The standard InChI is InChI=1S/C16H17NO2S/c18-16(19)13-6-7-17(9-13)10-15-8-14(11-20-15)12-4-2-1-3-5-12/h1-5,8,11,13H,6-7,9-10H2,(H,18,19). The van der Waals surface area contributed by atoms with E-state index < -0.39 is 5.97 Å². The van der Waals surface area contributed by atoms with Crippen molar-refractivity contribution < 1.29 is 9.90 Å². The zero-order valence-corrected chi connectivity index (χ0v) is 12.0. The van der Waals surface area contributed by atoms with Crippen molar-refractivity contribution in [3.8, 4) is 11.1 Å². The summed E-state index contributed by atoms with van der Waals surface area (Å²) in [6.45, 7) is 2.42. The van der Waals surface area contributed by atoms with Crippen LogP contribution < -0.4 is 0 Å². The molecule has 1 aliphatic heterocycles. The fourth-order valence-electron chi connectivity index (χ4n) is 2.64. The van der Waals surface area contributed by atoms with Crippen LogP contribution in [-0.4, -0.2) is 29.1 Å². The summed E-state index contributed by atoms with van der Waals surface area (Å²) in [4.78, 5) is 14.5. The Balaban J connectivity index is 1.65. The first-order valence-electron chi connectivity index (χ1n) is 6.80. The van der Waals surface area contributed by atoms with Gasteiger partial charge in [0, 0.05) is 18.0 Å². The van der Waals surface area contributed by atoms with E-state index in [0.717, 1.165) is 19.5 Å². The van der Waals surface area contributed by atoms with Crippen molar-refractivity contribution in [2.24, 2.45) is 5.92 Å². The van der Waals surface area contributed by atoms with Crippen LogP contribution in [0.4, 0.5) is 0 Å². The lowest BCUT2D eigenvalue weighted by molar-refractivity contribution is -0.141. The Kier molecular flexibility index (Phi) is 3.85. The molecule has 1 aromatic heterocycles. The highest BCUT2D eigenvalue weighted by molar-refractivity contribution is 7.10. The molecular weight excluding hydrogens is 270 g/mol. The zero-order chi connectivity index (χ0) is 13.9. The maximum atomic E-state index is 11.0. The van der Waals surface area contributed by atoms with Gasteiger partial charge < -0.3 is 5.11 Å². The Morgan fingerprint density at radius 2 is 2.10 bits per heavy atom. The van der Waals surface area contributed by atoms with E-state index in [0.29, 0.717) is 6.54 Å². The third-order valence-electron chi connectivity index (χ3n) is 3.76. The number of hydrogen-bond acceptors (Lipinski definition) is 3. The molecule has 0 amide bonds. The molecular formula is C16H17NO2S. The fourth-order valence-corrected chi connectivity index (χ4v) is 3.58. The quantitative estimate of drug-likeness (QED) is 0.937. The highest BCUT2D eigenvalue weighted by atomic mass is 32.1. The number of carboxylic acid groups (broad SMARTS) is 1. The zero-order valence-electron chi connectivity index (χ0n) is 11.2. The van der Waals surface area contributed by atoms with Gasteiger partial charge in [0.2, 0.25) is 0 Å². The van der Waals surface area contributed by atoms with Crippen molar-refractivity contribution in [2.75, 3.05) is 13.1 Å². The van der Waals surface area contributed by atoms with Crippen molar-refractivity contribution in [1.29, 1.82) is 0 Å². The highest BCUT2D eigenvalue weighted by Gasteiger charge is 2.27. The molecule has 2 aromatic rings. The molecule has 1 saturated heterocycles. The third-order valence-corrected chi connectivity index (χ3v) is 4.68. The van der Waals surface area contributed by atoms with E-state index in [1.54, 1.807) is 11.3 Å². The van der Waals surface area contributed by atoms with Crippen LogP contribution in [0.2, 0.25) is 0 Å². The first-order chi connectivity index (χ1) is 9.72. The van der Waals surface area contributed by atoms with Crippen LogP contribution in [0.25, 0.3) is 11.1 Å². The first-order valence-corrected chi connectivity index (χ1v) is 7.68. The lowest BCUT2D eigenvalue weighted by Crippen LogP contribution is -2.22. The van der Waals surface area contributed by atoms with Crippen LogP contribution in [0.3, 0.4) is 0 Å². The van der Waals surface area contributed by atoms with Gasteiger partial charge in [0.25, 0.3) is 0 Å². The average Bonchev–Trinajstić information content (AvgIpc) is 3.10. The third kappa shape index (κ3) is 2.92. The summed E-state index contributed by atoms with van der Waals surface area (Å²) in [5.41, 5.74) is 2.49. The normalized spacial score (nSPS) is 19.3. The molecule has 0 radical (unpaired) electrons. The Hall–Kier alpha value is -1.65. The van der Waals surface area contributed by atoms with Crippen LogP contribution in [0, 0.1) is 5.92 Å². The summed E-state index contributed by atoms with van der Waals surface area (Å²) >= 11 is 1.75. The second-order valence-electron chi connectivity index (χ2n) is 5.23. The van der Waals surface area contributed by atoms with Gasteiger partial charge in [0.15, 0.2) is 0 Å². The van der Waals surface area contributed by atoms with E-state index in [1.807, 2.05) is 18.2 Å². The van der Waals surface area contributed by atoms with Crippen LogP contribution in [0.5, 0.6) is 0 Å². The number of benzene rings is 1. The molecule has 1 atom stereocenters. The van der Waals surface area contributed by atoms with E-state index in [9.17, 15) is 4.79 Å². The van der Waals surface area contributed by atoms with Crippen LogP contribution in [-0.2, 0) is 11.3 Å². The number of carbonyl (C=O) groups is 1. The SMILES string of the molecule is O=C(O)C1CCN(Cc2cc(-c3ccccc3)cs2)C1. The lowest BCUT2D eigenvalue weighted by atomic mass is 10.1. The molecule has 0 saturated carbocycles. The molecule has 0 bridgehead atoms. The van der Waals surface area contributed by atoms with E-state index in [4.69, 9.17) is 5.11 Å². The summed E-state index contributed by atoms with van der Waals surface area (Å²) in [6.07, 6.45) is 0.770. The summed E-state index contributed by atoms with van der Waals surface area (Å²) in [7, 11) is 0. The second-order valence-corrected chi connectivity index (χ2v) is 6.22. The number of carboxylic acids is 1. The van der Waals surface area contributed by atoms with E-state index in [1.165, 1.54) is 16.0 Å². The van der Waals surface area contributed by atoms with Gasteiger partial charge in [0.05, 0.1) is 5.92 Å². The monoisotopic (exact) mass is 287 g/mol. The second kappa shape index (κ2) is 5.77. The number of likely N-dealkylation sites (tertiary alicyclic amines) is 1. The molecule has 0 spiro atoms. The summed E-state index contributed by atoms with van der Waals surface area (Å²) < 4.78 is 0. The van der Waals surface area contributed by atoms with Gasteiger partial charge in [-0.25, -0.2) is 0 Å². The highest BCUT2D eigenvalue weighted by Crippen LogP contribution is 2.27. The van der Waals surface area contributed by atoms with Gasteiger partial charge in [-0.3, -0.25) is 9.69 Å². The van der Waals surface area contributed by atoms with Gasteiger partial charge in [0.1, 0.15) is 0 Å². The van der Waals surface area contributed by atoms with Gasteiger partial charge in [-0.2, -0.15) is 0 Å². The maximum absolute atomic E-state index is 11.0. The molecule has 104 valence electrons. The molecule has 20 heavy (non-hydrogen) atoms. The van der Waals surface area contributed by atoms with Gasteiger partial charge >= 0.3 is 5.97 Å². The van der Waals surface area contributed by atoms with E-state index in [2.05, 4.69) is 28.5 Å². The Morgan fingerprint density at radius 1 is 1.30 bits per heavy atom. The minimum absolute atomic E-state index is 0.191. The number of aliphatic carboxylic acids is 1. The average molecular weight is 287 g/mol. The van der Waals surface area contributed by atoms with Crippen LogP contribution in [0.1, 0.15) is 11.3 Å². The molecule has 4 heteroatoms. The number of hydrogen-bond donors (Lipinski definition) is 1. The minimum Gasteiger partial charge on any atom is -0.481 e. The number of nitrogens with zero attached hydrogens (tertiary/aromatic N) is 1. The fraction of sp³-hybridized carbons (Fsp3) is 0.312. The number of thiophene rings is 1. The molecule has 1 aliphatic rings. The van der Waals surface area contributed by atoms with E-state index >= 15 is 0 Å². The van der Waals surface area contributed by atoms with Gasteiger partial charge in [-0.05, 0) is 35.5 Å². The largest absolute Gasteiger partial charge is 0.481 e. The van der Waals surface area contributed by atoms with Crippen molar-refractivity contribution in [1.82, 2.24) is 4.90 Å². The predicted molar refractivity (Wildman–Crippen MR) is 80.8 cm³/mol. The molecule has 1 unspecified atom stereocenters. The molecule has 3 rings (SSSR count). The predicted octanol–water partition coefficient (Wildman–Crippen LogP) is 3.32. The topological polar surface area (TPSA) is 40.5 Å². The molecule has 2 heterocycles. The summed E-state index contributed by atoms with van der Waals surface area (Å²) in [5, 5.41) is 11.2. The van der Waals surface area contributed by atoms with Crippen molar-refractivity contribution in [3.05, 3.63) is 46.7 Å². The Labute approximate surface area is 122 Å². The first kappa shape index (κ1) is 13.3. The Bertz CT molecular complexity index is 594. The van der Waals surface area contributed by atoms with Crippen molar-refractivity contribution >= 4 is 17.3 Å². The van der Waals surface area contributed by atoms with Crippen LogP contribution in [0.15, 0.2) is 41.8 Å². The smallest absolute Gasteiger partial charge is 0.307 e. The summed E-state index contributed by atoms with van der Waals surface area (Å²) in [5.74, 6) is -0.854. The molecule has 1 N–H and O–H groups in total. The maximum Gasteiger partial charge on any atom is 0.307 e. The molecule has 3 nitrogen and oxygen atoms in total. The Morgan fingerprint density at radius 3 is 2.80 bits per heavy atom. The minimum atomic E-state index is -0.663. The van der Waals surface area contributed by atoms with E-state index in [-0.39, 0.29) is 5.92 Å². The van der Waals surface area contributed by atoms with Crippen molar-refractivity contribution in [2.45, 2.75) is 13.0 Å². The van der Waals surface area contributed by atoms with Gasteiger partial charge in [-0.15, -0.1) is 11.3 Å². The molecule has 1 fully saturated rings. The summed E-state index contributed by atoms with van der Waals surface area (Å²) in [6, 6.07) is 12.6. The van der Waals surface area contributed by atoms with Gasteiger partial charge in [-0.1, -0.05) is 30.3 Å². The molecule has 0 aliphatic carbocycles. The number of rotatable bonds is 4. The van der Waals surface area contributed by atoms with Crippen molar-refractivity contribution in [3.63, 3.8) is 0 Å². The molecule has 1 aromatic carbocycles. The van der Waals surface area contributed by atoms with Crippen LogP contribution >= 0.6 is 11.3 Å². The lowest BCUT2D eigenvalue weighted by Gasteiger charge is -2.13.